The molecule has 2 heteroatoms. The van der Waals surface area contributed by atoms with E-state index in [9.17, 15) is 0 Å². The van der Waals surface area contributed by atoms with Gasteiger partial charge in [0, 0.05) is 11.0 Å². The summed E-state index contributed by atoms with van der Waals surface area (Å²) < 4.78 is 0. The molecule has 0 saturated heterocycles. The molecule has 2 nitrogen and oxygen atoms in total. The fourth-order valence-electron chi connectivity index (χ4n) is 4.49. The first-order chi connectivity index (χ1) is 12.8. The molecular formula is C25H24N2. The predicted molar refractivity (Wildman–Crippen MR) is 113 cm³/mol. The zero-order chi connectivity index (χ0) is 19.0. The molecule has 0 spiro atoms. The molecule has 0 atom stereocenters. The number of aromatic nitrogens is 2. The van der Waals surface area contributed by atoms with Gasteiger partial charge in [0.2, 0.25) is 0 Å². The fraction of sp³-hybridized carbons (Fsp3) is 0.280. The number of rotatable bonds is 0. The molecule has 0 fully saturated rings. The molecule has 0 saturated carbocycles. The Morgan fingerprint density at radius 1 is 0.815 bits per heavy atom. The van der Waals surface area contributed by atoms with Crippen LogP contribution < -0.4 is 0 Å². The molecule has 5 rings (SSSR count). The summed E-state index contributed by atoms with van der Waals surface area (Å²) >= 11 is 0. The highest BCUT2D eigenvalue weighted by Crippen LogP contribution is 2.47. The van der Waals surface area contributed by atoms with Crippen LogP contribution in [0.4, 0.5) is 0 Å². The van der Waals surface area contributed by atoms with Crippen molar-refractivity contribution in [2.75, 3.05) is 0 Å². The zero-order valence-electron chi connectivity index (χ0n) is 16.6. The highest BCUT2D eigenvalue weighted by molar-refractivity contribution is 6.02. The van der Waals surface area contributed by atoms with Gasteiger partial charge in [-0.3, -0.25) is 0 Å². The zero-order valence-corrected chi connectivity index (χ0v) is 16.6. The van der Waals surface area contributed by atoms with Gasteiger partial charge in [-0.15, -0.1) is 0 Å². The van der Waals surface area contributed by atoms with Crippen LogP contribution in [0, 0.1) is 0 Å². The van der Waals surface area contributed by atoms with E-state index in [0.717, 1.165) is 22.4 Å². The fourth-order valence-corrected chi connectivity index (χ4v) is 4.49. The SMILES string of the molecule is CC(C)(C)c1cccc2nc3c(nc12)C(C)(C)c1cccc2cccc-3c12. The summed E-state index contributed by atoms with van der Waals surface area (Å²) in [6, 6.07) is 19.5. The van der Waals surface area contributed by atoms with Gasteiger partial charge in [0.05, 0.1) is 22.4 Å². The molecule has 4 aromatic rings. The molecule has 0 unspecified atom stereocenters. The summed E-state index contributed by atoms with van der Waals surface area (Å²) in [6.07, 6.45) is 0. The predicted octanol–water partition coefficient (Wildman–Crippen LogP) is 6.39. The van der Waals surface area contributed by atoms with Crippen LogP contribution in [0.5, 0.6) is 0 Å². The summed E-state index contributed by atoms with van der Waals surface area (Å²) in [5.41, 5.74) is 7.76. The van der Waals surface area contributed by atoms with Crippen molar-refractivity contribution in [1.82, 2.24) is 9.97 Å². The number of benzene rings is 3. The molecule has 0 bridgehead atoms. The molecule has 1 heterocycles. The summed E-state index contributed by atoms with van der Waals surface area (Å²) in [7, 11) is 0. The molecule has 1 aliphatic carbocycles. The Bertz CT molecular complexity index is 1220. The van der Waals surface area contributed by atoms with Gasteiger partial charge in [-0.1, -0.05) is 83.1 Å². The van der Waals surface area contributed by atoms with Crippen LogP contribution >= 0.6 is 0 Å². The van der Waals surface area contributed by atoms with E-state index in [1.54, 1.807) is 0 Å². The first-order valence-electron chi connectivity index (χ1n) is 9.63. The van der Waals surface area contributed by atoms with Gasteiger partial charge in [-0.2, -0.15) is 0 Å². The lowest BCUT2D eigenvalue weighted by Gasteiger charge is -2.34. The maximum Gasteiger partial charge on any atom is 0.0940 e. The Morgan fingerprint density at radius 3 is 2.26 bits per heavy atom. The maximum absolute atomic E-state index is 5.26. The van der Waals surface area contributed by atoms with Crippen LogP contribution in [-0.4, -0.2) is 9.97 Å². The number of hydrogen-bond donors (Lipinski definition) is 0. The highest BCUT2D eigenvalue weighted by atomic mass is 14.9. The van der Waals surface area contributed by atoms with Crippen molar-refractivity contribution >= 4 is 21.8 Å². The van der Waals surface area contributed by atoms with E-state index in [2.05, 4.69) is 89.2 Å². The van der Waals surface area contributed by atoms with Crippen LogP contribution in [0.3, 0.4) is 0 Å². The first-order valence-corrected chi connectivity index (χ1v) is 9.63. The van der Waals surface area contributed by atoms with E-state index in [0.29, 0.717) is 0 Å². The van der Waals surface area contributed by atoms with Crippen molar-refractivity contribution in [2.24, 2.45) is 0 Å². The summed E-state index contributed by atoms with van der Waals surface area (Å²) in [5, 5.41) is 2.59. The van der Waals surface area contributed by atoms with Gasteiger partial charge in [0.25, 0.3) is 0 Å². The minimum atomic E-state index is -0.185. The largest absolute Gasteiger partial charge is 0.248 e. The molecule has 1 aromatic heterocycles. The summed E-state index contributed by atoms with van der Waals surface area (Å²) in [5.74, 6) is 0. The van der Waals surface area contributed by atoms with Crippen LogP contribution in [0.2, 0.25) is 0 Å². The second-order valence-electron chi connectivity index (χ2n) is 9.18. The van der Waals surface area contributed by atoms with E-state index in [1.807, 2.05) is 0 Å². The standard InChI is InChI=1S/C25H24N2/c1-24(2,3)18-13-8-14-19-22(18)27-23-21(26-19)16-11-6-9-15-10-7-12-17(20(15)16)25(23,4)5/h6-14H,1-5H3. The monoisotopic (exact) mass is 352 g/mol. The number of nitrogens with zero attached hydrogens (tertiary/aromatic N) is 2. The molecule has 0 radical (unpaired) electrons. The molecule has 1 aliphatic rings. The summed E-state index contributed by atoms with van der Waals surface area (Å²) in [6.45, 7) is 11.3. The molecule has 3 aromatic carbocycles. The lowest BCUT2D eigenvalue weighted by atomic mass is 9.72. The second-order valence-corrected chi connectivity index (χ2v) is 9.18. The van der Waals surface area contributed by atoms with Crippen molar-refractivity contribution in [2.45, 2.75) is 45.4 Å². The van der Waals surface area contributed by atoms with Crippen LogP contribution in [-0.2, 0) is 10.8 Å². The Balaban J connectivity index is 1.96. The first kappa shape index (κ1) is 16.4. The molecule has 27 heavy (non-hydrogen) atoms. The molecule has 134 valence electrons. The van der Waals surface area contributed by atoms with Gasteiger partial charge in [-0.05, 0) is 33.4 Å². The van der Waals surface area contributed by atoms with Crippen molar-refractivity contribution in [3.63, 3.8) is 0 Å². The van der Waals surface area contributed by atoms with Crippen molar-refractivity contribution in [3.8, 4) is 11.3 Å². The average molecular weight is 352 g/mol. The minimum Gasteiger partial charge on any atom is -0.248 e. The Morgan fingerprint density at radius 2 is 1.52 bits per heavy atom. The van der Waals surface area contributed by atoms with Crippen molar-refractivity contribution in [1.29, 1.82) is 0 Å². The third kappa shape index (κ3) is 2.19. The minimum absolute atomic E-state index is 0.0269. The van der Waals surface area contributed by atoms with E-state index >= 15 is 0 Å². The molecule has 0 N–H and O–H groups in total. The van der Waals surface area contributed by atoms with Gasteiger partial charge in [0.15, 0.2) is 0 Å². The van der Waals surface area contributed by atoms with E-state index in [1.165, 1.54) is 27.5 Å². The number of hydrogen-bond acceptors (Lipinski definition) is 2. The Labute approximate surface area is 160 Å². The third-order valence-corrected chi connectivity index (χ3v) is 5.93. The van der Waals surface area contributed by atoms with Gasteiger partial charge in [0.1, 0.15) is 0 Å². The van der Waals surface area contributed by atoms with Crippen molar-refractivity contribution < 1.29 is 0 Å². The average Bonchev–Trinajstić information content (AvgIpc) is 2.63. The summed E-state index contributed by atoms with van der Waals surface area (Å²) in [4.78, 5) is 10.4. The lowest BCUT2D eigenvalue weighted by Crippen LogP contribution is -2.26. The normalized spacial score (nSPS) is 15.1. The van der Waals surface area contributed by atoms with Gasteiger partial charge in [-0.25, -0.2) is 9.97 Å². The quantitative estimate of drug-likeness (QED) is 0.366. The Kier molecular flexibility index (Phi) is 3.14. The maximum atomic E-state index is 5.26. The van der Waals surface area contributed by atoms with Crippen LogP contribution in [0.25, 0.3) is 33.1 Å². The smallest absolute Gasteiger partial charge is 0.0940 e. The van der Waals surface area contributed by atoms with E-state index in [-0.39, 0.29) is 10.8 Å². The van der Waals surface area contributed by atoms with Crippen LogP contribution in [0.15, 0.2) is 54.6 Å². The Hall–Kier alpha value is -2.74. The van der Waals surface area contributed by atoms with Crippen LogP contribution in [0.1, 0.15) is 51.4 Å². The van der Waals surface area contributed by atoms with Gasteiger partial charge < -0.3 is 0 Å². The van der Waals surface area contributed by atoms with Gasteiger partial charge >= 0.3 is 0 Å². The molecular weight excluding hydrogens is 328 g/mol. The van der Waals surface area contributed by atoms with Crippen molar-refractivity contribution in [3.05, 3.63) is 71.4 Å². The topological polar surface area (TPSA) is 25.8 Å². The lowest BCUT2D eigenvalue weighted by molar-refractivity contribution is 0.590. The second kappa shape index (κ2) is 5.16. The van der Waals surface area contributed by atoms with E-state index < -0.39 is 0 Å². The molecule has 0 amide bonds. The third-order valence-electron chi connectivity index (χ3n) is 5.93. The van der Waals surface area contributed by atoms with E-state index in [4.69, 9.17) is 9.97 Å². The number of fused-ring (bicyclic) bond motifs is 3. The number of para-hydroxylation sites is 1. The molecule has 0 aliphatic heterocycles. The highest BCUT2D eigenvalue weighted by Gasteiger charge is 2.36.